The average Bonchev–Trinajstić information content (AvgIpc) is 2.90. The van der Waals surface area contributed by atoms with Gasteiger partial charge in [0.05, 0.1) is 11.1 Å². The molecule has 0 saturated heterocycles. The number of carbonyl (C=O) groups excluding carboxylic acids is 1. The van der Waals surface area contributed by atoms with E-state index < -0.39 is 11.7 Å². The molecule has 0 atom stereocenters. The fraction of sp³-hybridized carbons (Fsp3) is 0.233. The molecule has 37 heavy (non-hydrogen) atoms. The van der Waals surface area contributed by atoms with Crippen molar-refractivity contribution in [1.29, 1.82) is 0 Å². The van der Waals surface area contributed by atoms with E-state index in [4.69, 9.17) is 9.47 Å². The van der Waals surface area contributed by atoms with Crippen molar-refractivity contribution in [2.45, 2.75) is 25.7 Å². The monoisotopic (exact) mass is 505 g/mol. The molecular formula is C30H26F3NO3. The van der Waals surface area contributed by atoms with E-state index in [0.29, 0.717) is 28.2 Å². The highest BCUT2D eigenvalue weighted by atomic mass is 19.4. The molecule has 0 spiro atoms. The number of benzene rings is 3. The highest BCUT2D eigenvalue weighted by Crippen LogP contribution is 2.33. The molecule has 4 nitrogen and oxygen atoms in total. The van der Waals surface area contributed by atoms with Gasteiger partial charge in [-0.05, 0) is 53.5 Å². The van der Waals surface area contributed by atoms with Crippen LogP contribution >= 0.6 is 0 Å². The summed E-state index contributed by atoms with van der Waals surface area (Å²) in [5.74, 6) is 0.856. The van der Waals surface area contributed by atoms with Crippen molar-refractivity contribution >= 4 is 5.78 Å². The minimum atomic E-state index is -4.37. The highest BCUT2D eigenvalue weighted by molar-refractivity contribution is 6.12. The number of alkyl halides is 3. The van der Waals surface area contributed by atoms with Gasteiger partial charge in [0.2, 0.25) is 0 Å². The summed E-state index contributed by atoms with van der Waals surface area (Å²) >= 11 is 0. The number of fused-ring (bicyclic) bond motifs is 1. The Kier molecular flexibility index (Phi) is 7.15. The van der Waals surface area contributed by atoms with Crippen LogP contribution in [0.15, 0.2) is 96.1 Å². The van der Waals surface area contributed by atoms with Crippen molar-refractivity contribution in [3.05, 3.63) is 118 Å². The second-order valence-electron chi connectivity index (χ2n) is 9.18. The summed E-state index contributed by atoms with van der Waals surface area (Å²) in [5, 5.41) is 0. The highest BCUT2D eigenvalue weighted by Gasteiger charge is 2.30. The maximum Gasteiger partial charge on any atom is 0.416 e. The number of allylic oxidation sites excluding steroid dienone is 1. The van der Waals surface area contributed by atoms with Crippen LogP contribution in [0.25, 0.3) is 0 Å². The Hall–Kier alpha value is -3.84. The van der Waals surface area contributed by atoms with E-state index in [1.54, 1.807) is 18.2 Å². The molecule has 2 aliphatic heterocycles. The van der Waals surface area contributed by atoms with Crippen molar-refractivity contribution in [2.24, 2.45) is 0 Å². The zero-order chi connectivity index (χ0) is 25.8. The molecule has 0 N–H and O–H groups in total. The summed E-state index contributed by atoms with van der Waals surface area (Å²) in [6.07, 6.45) is 0.610. The van der Waals surface area contributed by atoms with Crippen molar-refractivity contribution in [1.82, 2.24) is 4.90 Å². The molecule has 0 saturated carbocycles. The molecule has 0 amide bonds. The number of carbonyl (C=O) groups is 1. The van der Waals surface area contributed by atoms with Gasteiger partial charge >= 0.3 is 6.18 Å². The Morgan fingerprint density at radius 2 is 1.76 bits per heavy atom. The molecule has 0 aliphatic carbocycles. The van der Waals surface area contributed by atoms with E-state index in [0.717, 1.165) is 43.8 Å². The first-order chi connectivity index (χ1) is 17.8. The minimum Gasteiger partial charge on any atom is -0.489 e. The van der Waals surface area contributed by atoms with Gasteiger partial charge in [-0.2, -0.15) is 13.2 Å². The number of halogens is 3. The topological polar surface area (TPSA) is 38.8 Å². The van der Waals surface area contributed by atoms with Gasteiger partial charge in [-0.25, -0.2) is 0 Å². The average molecular weight is 506 g/mol. The molecule has 2 aliphatic rings. The fourth-order valence-corrected chi connectivity index (χ4v) is 4.42. The molecule has 0 aromatic heterocycles. The summed E-state index contributed by atoms with van der Waals surface area (Å²) in [4.78, 5) is 15.5. The lowest BCUT2D eigenvalue weighted by molar-refractivity contribution is -0.137. The second-order valence-corrected chi connectivity index (χ2v) is 9.18. The van der Waals surface area contributed by atoms with Gasteiger partial charge in [-0.3, -0.25) is 9.69 Å². The van der Waals surface area contributed by atoms with Gasteiger partial charge in [0.15, 0.2) is 5.78 Å². The molecule has 0 unspecified atom stereocenters. The third-order valence-electron chi connectivity index (χ3n) is 6.50. The van der Waals surface area contributed by atoms with E-state index in [-0.39, 0.29) is 19.0 Å². The predicted octanol–water partition coefficient (Wildman–Crippen LogP) is 6.62. The largest absolute Gasteiger partial charge is 0.489 e. The summed E-state index contributed by atoms with van der Waals surface area (Å²) < 4.78 is 49.8. The van der Waals surface area contributed by atoms with Crippen LogP contribution in [0.5, 0.6) is 11.5 Å². The molecule has 190 valence electrons. The van der Waals surface area contributed by atoms with Crippen LogP contribution < -0.4 is 9.47 Å². The smallest absolute Gasteiger partial charge is 0.416 e. The van der Waals surface area contributed by atoms with Crippen LogP contribution in [0.4, 0.5) is 13.2 Å². The maximum atomic E-state index is 13.1. The Morgan fingerprint density at radius 3 is 2.46 bits per heavy atom. The standard InChI is InChI=1S/C30H26F3NO3/c31-30(32,33)25-8-6-23(7-9-25)19-36-26-10-11-27-28(17-26)37-20-24(29(27)35)16-21-12-14-34(15-13-21)18-22-4-2-1-3-5-22/h1-12,16-17H,13-15,18-20H2/b24-16+. The number of nitrogens with zero attached hydrogens (tertiary/aromatic N) is 1. The van der Waals surface area contributed by atoms with Crippen LogP contribution in [0.2, 0.25) is 0 Å². The molecule has 2 heterocycles. The Morgan fingerprint density at radius 1 is 0.973 bits per heavy atom. The van der Waals surface area contributed by atoms with Crippen LogP contribution in [0, 0.1) is 0 Å². The lowest BCUT2D eigenvalue weighted by Gasteiger charge is -2.26. The summed E-state index contributed by atoms with van der Waals surface area (Å²) in [6, 6.07) is 20.2. The quantitative estimate of drug-likeness (QED) is 0.353. The lowest BCUT2D eigenvalue weighted by atomic mass is 9.96. The molecule has 0 bridgehead atoms. The number of ether oxygens (including phenoxy) is 2. The normalized spacial score (nSPS) is 17.2. The van der Waals surface area contributed by atoms with Crippen LogP contribution in [-0.4, -0.2) is 30.4 Å². The van der Waals surface area contributed by atoms with E-state index in [1.807, 2.05) is 24.3 Å². The van der Waals surface area contributed by atoms with E-state index in [1.165, 1.54) is 17.7 Å². The van der Waals surface area contributed by atoms with Gasteiger partial charge in [0.1, 0.15) is 24.7 Å². The van der Waals surface area contributed by atoms with Crippen LogP contribution in [-0.2, 0) is 19.3 Å². The summed E-state index contributed by atoms with van der Waals surface area (Å²) in [6.45, 7) is 2.94. The summed E-state index contributed by atoms with van der Waals surface area (Å²) in [7, 11) is 0. The second kappa shape index (κ2) is 10.6. The first-order valence-electron chi connectivity index (χ1n) is 12.1. The van der Waals surface area contributed by atoms with Crippen molar-refractivity contribution in [3.8, 4) is 11.5 Å². The number of rotatable bonds is 6. The fourth-order valence-electron chi connectivity index (χ4n) is 4.42. The first-order valence-corrected chi connectivity index (χ1v) is 12.1. The van der Waals surface area contributed by atoms with E-state index in [2.05, 4.69) is 23.1 Å². The van der Waals surface area contributed by atoms with Crippen molar-refractivity contribution in [2.75, 3.05) is 19.7 Å². The van der Waals surface area contributed by atoms with Gasteiger partial charge in [0.25, 0.3) is 0 Å². The maximum absolute atomic E-state index is 13.1. The molecule has 7 heteroatoms. The Labute approximate surface area is 213 Å². The van der Waals surface area contributed by atoms with Crippen molar-refractivity contribution in [3.63, 3.8) is 0 Å². The predicted molar refractivity (Wildman–Crippen MR) is 135 cm³/mol. The van der Waals surface area contributed by atoms with Crippen molar-refractivity contribution < 1.29 is 27.4 Å². The number of ketones is 1. The Bertz CT molecular complexity index is 1330. The third kappa shape index (κ3) is 6.12. The molecule has 0 fully saturated rings. The zero-order valence-corrected chi connectivity index (χ0v) is 20.1. The molecule has 5 rings (SSSR count). The van der Waals surface area contributed by atoms with Gasteiger partial charge in [0, 0.05) is 31.3 Å². The van der Waals surface area contributed by atoms with Gasteiger partial charge in [-0.15, -0.1) is 0 Å². The Balaban J connectivity index is 1.19. The number of hydrogen-bond acceptors (Lipinski definition) is 4. The van der Waals surface area contributed by atoms with Crippen LogP contribution in [0.3, 0.4) is 0 Å². The van der Waals surface area contributed by atoms with Crippen LogP contribution in [0.1, 0.15) is 33.5 Å². The zero-order valence-electron chi connectivity index (χ0n) is 20.1. The first kappa shape index (κ1) is 24.8. The van der Waals surface area contributed by atoms with Gasteiger partial charge in [-0.1, -0.05) is 48.5 Å². The molecule has 0 radical (unpaired) electrons. The minimum absolute atomic E-state index is 0.0665. The lowest BCUT2D eigenvalue weighted by Crippen LogP contribution is -2.28. The third-order valence-corrected chi connectivity index (χ3v) is 6.50. The van der Waals surface area contributed by atoms with E-state index >= 15 is 0 Å². The SMILES string of the molecule is O=C1/C(=C/C2=CCN(Cc3ccccc3)CC2)COc2cc(OCc3ccc(C(F)(F)F)cc3)ccc21. The number of hydrogen-bond donors (Lipinski definition) is 0. The number of Topliss-reactive ketones (excluding diaryl/α,β-unsaturated/α-hetero) is 1. The summed E-state index contributed by atoms with van der Waals surface area (Å²) in [5.41, 5.74) is 3.42. The van der Waals surface area contributed by atoms with Gasteiger partial charge < -0.3 is 9.47 Å². The van der Waals surface area contributed by atoms with E-state index in [9.17, 15) is 18.0 Å². The molecule has 3 aromatic carbocycles. The molecule has 3 aromatic rings. The molecular weight excluding hydrogens is 479 g/mol.